The summed E-state index contributed by atoms with van der Waals surface area (Å²) in [6.45, 7) is 3.96. The third-order valence-corrected chi connectivity index (χ3v) is 4.16. The fraction of sp³-hybridized carbons (Fsp3) is 0.571. The third kappa shape index (κ3) is 3.01. The minimum Gasteiger partial charge on any atom is -0.496 e. The Labute approximate surface area is 118 Å². The maximum Gasteiger partial charge on any atom is 0.275 e. The maximum atomic E-state index is 11.0. The van der Waals surface area contributed by atoms with E-state index in [9.17, 15) is 10.1 Å². The number of ether oxygens (including phenoxy) is 1. The van der Waals surface area contributed by atoms with Crippen LogP contribution in [0.4, 0.5) is 11.4 Å². The van der Waals surface area contributed by atoms with E-state index in [2.05, 4.69) is 17.1 Å². The van der Waals surface area contributed by atoms with E-state index >= 15 is 0 Å². The van der Waals surface area contributed by atoms with Crippen LogP contribution >= 0.6 is 0 Å². The minimum absolute atomic E-state index is 0.0706. The molecule has 110 valence electrons. The van der Waals surface area contributed by atoms with Crippen LogP contribution in [0.2, 0.25) is 0 Å². The Morgan fingerprint density at radius 1 is 1.35 bits per heavy atom. The number of nitro groups is 1. The molecule has 0 saturated carbocycles. The van der Waals surface area contributed by atoms with Crippen LogP contribution in [0.5, 0.6) is 5.75 Å². The second-order valence-electron chi connectivity index (χ2n) is 5.44. The van der Waals surface area contributed by atoms with Gasteiger partial charge in [0.05, 0.1) is 18.1 Å². The highest BCUT2D eigenvalue weighted by atomic mass is 16.6. The van der Waals surface area contributed by atoms with Gasteiger partial charge in [-0.15, -0.1) is 0 Å². The third-order valence-electron chi connectivity index (χ3n) is 4.16. The van der Waals surface area contributed by atoms with Crippen molar-refractivity contribution >= 4 is 11.4 Å². The molecular weight excluding hydrogens is 258 g/mol. The Kier molecular flexibility index (Phi) is 4.13. The van der Waals surface area contributed by atoms with Gasteiger partial charge >= 0.3 is 0 Å². The second kappa shape index (κ2) is 5.66. The summed E-state index contributed by atoms with van der Waals surface area (Å²) in [5.41, 5.74) is 1.08. The van der Waals surface area contributed by atoms with Crippen molar-refractivity contribution in [3.05, 3.63) is 28.3 Å². The molecule has 0 bridgehead atoms. The Morgan fingerprint density at radius 2 is 2.00 bits per heavy atom. The number of anilines is 1. The van der Waals surface area contributed by atoms with Crippen LogP contribution in [0.15, 0.2) is 18.2 Å². The van der Waals surface area contributed by atoms with E-state index in [4.69, 9.17) is 4.74 Å². The van der Waals surface area contributed by atoms with Crippen molar-refractivity contribution in [2.75, 3.05) is 32.1 Å². The number of piperidine rings is 1. The van der Waals surface area contributed by atoms with E-state index in [1.54, 1.807) is 6.07 Å². The first-order valence-corrected chi connectivity index (χ1v) is 6.75. The van der Waals surface area contributed by atoms with E-state index in [-0.39, 0.29) is 16.1 Å². The van der Waals surface area contributed by atoms with E-state index in [1.165, 1.54) is 13.2 Å². The molecule has 20 heavy (non-hydrogen) atoms. The lowest BCUT2D eigenvalue weighted by Crippen LogP contribution is -2.50. The van der Waals surface area contributed by atoms with Crippen LogP contribution in [0.3, 0.4) is 0 Å². The van der Waals surface area contributed by atoms with Crippen molar-refractivity contribution in [3.8, 4) is 5.75 Å². The SMILES string of the molecule is CNC1(C)CCN(c2cc(OC)cc([N+](=O)[O-])c2)CC1. The van der Waals surface area contributed by atoms with Crippen LogP contribution in [0.1, 0.15) is 19.8 Å². The fourth-order valence-electron chi connectivity index (χ4n) is 2.48. The van der Waals surface area contributed by atoms with Gasteiger partial charge in [-0.1, -0.05) is 0 Å². The van der Waals surface area contributed by atoms with Crippen molar-refractivity contribution < 1.29 is 9.66 Å². The quantitative estimate of drug-likeness (QED) is 0.676. The highest BCUT2D eigenvalue weighted by Crippen LogP contribution is 2.31. The topological polar surface area (TPSA) is 67.6 Å². The molecule has 1 N–H and O–H groups in total. The molecular formula is C14H21N3O3. The standard InChI is InChI=1S/C14H21N3O3/c1-14(15-2)4-6-16(7-5-14)11-8-12(17(18)19)10-13(9-11)20-3/h8-10,15H,4-7H2,1-3H3. The smallest absolute Gasteiger partial charge is 0.275 e. The molecule has 1 aliphatic heterocycles. The zero-order valence-electron chi connectivity index (χ0n) is 12.2. The Morgan fingerprint density at radius 3 is 2.50 bits per heavy atom. The number of nitrogens with one attached hydrogen (secondary N) is 1. The largest absolute Gasteiger partial charge is 0.496 e. The Hall–Kier alpha value is -1.82. The zero-order valence-corrected chi connectivity index (χ0v) is 12.2. The molecule has 0 aliphatic carbocycles. The van der Waals surface area contributed by atoms with Gasteiger partial charge in [0.2, 0.25) is 0 Å². The van der Waals surface area contributed by atoms with Gasteiger partial charge in [-0.05, 0) is 26.8 Å². The lowest BCUT2D eigenvalue weighted by atomic mass is 9.89. The molecule has 1 aromatic carbocycles. The molecule has 1 aliphatic rings. The molecule has 0 spiro atoms. The van der Waals surface area contributed by atoms with Gasteiger partial charge in [0.25, 0.3) is 5.69 Å². The van der Waals surface area contributed by atoms with Crippen molar-refractivity contribution in [2.24, 2.45) is 0 Å². The number of rotatable bonds is 4. The van der Waals surface area contributed by atoms with Crippen LogP contribution in [0, 0.1) is 10.1 Å². The van der Waals surface area contributed by atoms with Crippen molar-refractivity contribution in [1.82, 2.24) is 5.32 Å². The van der Waals surface area contributed by atoms with E-state index in [1.807, 2.05) is 13.1 Å². The van der Waals surface area contributed by atoms with E-state index < -0.39 is 0 Å². The molecule has 1 aromatic rings. The molecule has 0 amide bonds. The van der Waals surface area contributed by atoms with Gasteiger partial charge in [0.1, 0.15) is 5.75 Å². The number of nitro benzene ring substituents is 1. The summed E-state index contributed by atoms with van der Waals surface area (Å²) in [6.07, 6.45) is 2.02. The number of hydrogen-bond donors (Lipinski definition) is 1. The first-order chi connectivity index (χ1) is 9.47. The molecule has 0 unspecified atom stereocenters. The van der Waals surface area contributed by atoms with E-state index in [0.717, 1.165) is 31.6 Å². The van der Waals surface area contributed by atoms with Crippen LogP contribution in [-0.2, 0) is 0 Å². The highest BCUT2D eigenvalue weighted by Gasteiger charge is 2.29. The monoisotopic (exact) mass is 279 g/mol. The summed E-state index contributed by atoms with van der Waals surface area (Å²) < 4.78 is 5.16. The molecule has 1 heterocycles. The van der Waals surface area contributed by atoms with Gasteiger partial charge in [0, 0.05) is 36.4 Å². The molecule has 1 saturated heterocycles. The minimum atomic E-state index is -0.381. The molecule has 2 rings (SSSR count). The highest BCUT2D eigenvalue weighted by molar-refractivity contribution is 5.58. The molecule has 0 atom stereocenters. The number of non-ortho nitro benzene ring substituents is 1. The molecule has 1 fully saturated rings. The summed E-state index contributed by atoms with van der Waals surface area (Å²) in [7, 11) is 3.50. The van der Waals surface area contributed by atoms with Crippen molar-refractivity contribution in [3.63, 3.8) is 0 Å². The lowest BCUT2D eigenvalue weighted by Gasteiger charge is -2.40. The lowest BCUT2D eigenvalue weighted by molar-refractivity contribution is -0.384. The predicted octanol–water partition coefficient (Wildman–Crippen LogP) is 2.18. The van der Waals surface area contributed by atoms with Crippen LogP contribution < -0.4 is 15.0 Å². The van der Waals surface area contributed by atoms with Gasteiger partial charge in [-0.3, -0.25) is 10.1 Å². The zero-order chi connectivity index (χ0) is 14.8. The van der Waals surface area contributed by atoms with Crippen LogP contribution in [0.25, 0.3) is 0 Å². The first-order valence-electron chi connectivity index (χ1n) is 6.75. The van der Waals surface area contributed by atoms with Gasteiger partial charge in [-0.2, -0.15) is 0 Å². The molecule has 6 nitrogen and oxygen atoms in total. The number of hydrogen-bond acceptors (Lipinski definition) is 5. The Balaban J connectivity index is 2.21. The Bertz CT molecular complexity index is 496. The number of methoxy groups -OCH3 is 1. The average Bonchev–Trinajstić information content (AvgIpc) is 2.47. The summed E-state index contributed by atoms with van der Waals surface area (Å²) in [4.78, 5) is 12.8. The van der Waals surface area contributed by atoms with Gasteiger partial charge < -0.3 is 15.0 Å². The summed E-state index contributed by atoms with van der Waals surface area (Å²) >= 11 is 0. The average molecular weight is 279 g/mol. The van der Waals surface area contributed by atoms with E-state index in [0.29, 0.717) is 5.75 Å². The van der Waals surface area contributed by atoms with Gasteiger partial charge in [0.15, 0.2) is 0 Å². The van der Waals surface area contributed by atoms with Gasteiger partial charge in [-0.25, -0.2) is 0 Å². The molecule has 0 radical (unpaired) electrons. The fourth-order valence-corrected chi connectivity index (χ4v) is 2.48. The molecule has 0 aromatic heterocycles. The number of nitrogens with zero attached hydrogens (tertiary/aromatic N) is 2. The molecule has 6 heteroatoms. The van der Waals surface area contributed by atoms with Crippen molar-refractivity contribution in [1.29, 1.82) is 0 Å². The van der Waals surface area contributed by atoms with Crippen molar-refractivity contribution in [2.45, 2.75) is 25.3 Å². The van der Waals surface area contributed by atoms with Crippen LogP contribution in [-0.4, -0.2) is 37.7 Å². The summed E-state index contributed by atoms with van der Waals surface area (Å²) in [6, 6.07) is 4.92. The first kappa shape index (κ1) is 14.6. The maximum absolute atomic E-state index is 11.0. The second-order valence-corrected chi connectivity index (χ2v) is 5.44. The summed E-state index contributed by atoms with van der Waals surface area (Å²) in [5.74, 6) is 0.524. The number of benzene rings is 1. The normalized spacial score (nSPS) is 17.9. The summed E-state index contributed by atoms with van der Waals surface area (Å²) in [5, 5.41) is 14.3. The predicted molar refractivity (Wildman–Crippen MR) is 78.6 cm³/mol.